The molecular weight excluding hydrogens is 258 g/mol. The van der Waals surface area contributed by atoms with Crippen molar-refractivity contribution in [1.82, 2.24) is 15.0 Å². The van der Waals surface area contributed by atoms with Gasteiger partial charge in [0.05, 0.1) is 31.4 Å². The fourth-order valence-corrected chi connectivity index (χ4v) is 2.06. The number of carbonyl (C=O) groups excluding carboxylic acids is 1. The van der Waals surface area contributed by atoms with Crippen LogP contribution >= 0.6 is 0 Å². The molecule has 0 radical (unpaired) electrons. The number of hydrogen-bond donors (Lipinski definition) is 0. The topological polar surface area (TPSA) is 70.2 Å². The fraction of sp³-hybridized carbons (Fsp3) is 0.500. The maximum atomic E-state index is 12.0. The van der Waals surface area contributed by atoms with Gasteiger partial charge in [0.25, 0.3) is 0 Å². The van der Waals surface area contributed by atoms with Crippen molar-refractivity contribution in [1.29, 1.82) is 0 Å². The normalized spacial score (nSPS) is 11.6. The molecule has 0 saturated carbocycles. The second-order valence-electron chi connectivity index (χ2n) is 5.55. The number of rotatable bonds is 4. The summed E-state index contributed by atoms with van der Waals surface area (Å²) in [5.41, 5.74) is 1.74. The summed E-state index contributed by atoms with van der Waals surface area (Å²) in [6, 6.07) is 1.86. The van der Waals surface area contributed by atoms with Crippen molar-refractivity contribution < 1.29 is 13.9 Å². The van der Waals surface area contributed by atoms with Crippen LogP contribution in [0.25, 0.3) is 0 Å². The summed E-state index contributed by atoms with van der Waals surface area (Å²) < 4.78 is 11.8. The Hall–Kier alpha value is -2.11. The Morgan fingerprint density at radius 3 is 2.75 bits per heavy atom. The molecule has 0 bridgehead atoms. The molecule has 2 heterocycles. The van der Waals surface area contributed by atoms with Gasteiger partial charge in [0.2, 0.25) is 0 Å². The number of furan rings is 1. The Morgan fingerprint density at radius 2 is 2.20 bits per heavy atom. The lowest BCUT2D eigenvalue weighted by Gasteiger charge is -2.20. The van der Waals surface area contributed by atoms with E-state index in [1.165, 1.54) is 0 Å². The zero-order chi connectivity index (χ0) is 14.8. The lowest BCUT2D eigenvalue weighted by molar-refractivity contribution is 0.0516. The van der Waals surface area contributed by atoms with Crippen LogP contribution < -0.4 is 0 Å². The van der Waals surface area contributed by atoms with E-state index in [9.17, 15) is 4.79 Å². The van der Waals surface area contributed by atoms with Crippen LogP contribution in [0.4, 0.5) is 0 Å². The zero-order valence-corrected chi connectivity index (χ0v) is 12.2. The number of aromatic nitrogens is 3. The Bertz CT molecular complexity index is 579. The van der Waals surface area contributed by atoms with Crippen LogP contribution in [0.3, 0.4) is 0 Å². The van der Waals surface area contributed by atoms with Crippen molar-refractivity contribution in [3.63, 3.8) is 0 Å². The lowest BCUT2D eigenvalue weighted by Crippen LogP contribution is -2.23. The molecule has 0 N–H and O–H groups in total. The molecule has 0 amide bonds. The molecule has 0 fully saturated rings. The number of ether oxygens (including phenoxy) is 1. The first-order valence-corrected chi connectivity index (χ1v) is 6.55. The van der Waals surface area contributed by atoms with E-state index in [1.54, 1.807) is 24.1 Å². The second kappa shape index (κ2) is 5.48. The maximum absolute atomic E-state index is 12.0. The number of hydrogen-bond acceptors (Lipinski definition) is 5. The molecule has 20 heavy (non-hydrogen) atoms. The molecule has 0 spiro atoms. The smallest absolute Gasteiger partial charge is 0.360 e. The molecule has 0 aromatic carbocycles. The highest BCUT2D eigenvalue weighted by atomic mass is 16.5. The Kier molecular flexibility index (Phi) is 3.92. The highest BCUT2D eigenvalue weighted by molar-refractivity contribution is 5.88. The van der Waals surface area contributed by atoms with E-state index in [4.69, 9.17) is 9.15 Å². The van der Waals surface area contributed by atoms with E-state index in [1.807, 2.05) is 26.8 Å². The SMILES string of the molecule is CCOC(=O)c1nnn(Cc2ccoc2)c1C(C)(C)C. The van der Waals surface area contributed by atoms with Crippen molar-refractivity contribution in [3.8, 4) is 0 Å². The lowest BCUT2D eigenvalue weighted by atomic mass is 9.90. The molecule has 0 saturated heterocycles. The largest absolute Gasteiger partial charge is 0.472 e. The van der Waals surface area contributed by atoms with Crippen molar-refractivity contribution in [3.05, 3.63) is 35.5 Å². The van der Waals surface area contributed by atoms with Crippen LogP contribution in [0.2, 0.25) is 0 Å². The average molecular weight is 277 g/mol. The standard InChI is InChI=1S/C14H19N3O3/c1-5-20-13(18)11-12(14(2,3)4)17(16-15-11)8-10-6-7-19-9-10/h6-7,9H,5,8H2,1-4H3. The summed E-state index contributed by atoms with van der Waals surface area (Å²) in [5.74, 6) is -0.434. The van der Waals surface area contributed by atoms with Gasteiger partial charge in [-0.25, -0.2) is 9.48 Å². The van der Waals surface area contributed by atoms with Gasteiger partial charge in [-0.15, -0.1) is 5.10 Å². The fourth-order valence-electron chi connectivity index (χ4n) is 2.06. The van der Waals surface area contributed by atoms with Crippen LogP contribution in [-0.2, 0) is 16.7 Å². The minimum absolute atomic E-state index is 0.269. The zero-order valence-electron chi connectivity index (χ0n) is 12.2. The molecule has 0 atom stereocenters. The monoisotopic (exact) mass is 277 g/mol. The van der Waals surface area contributed by atoms with Gasteiger partial charge in [-0.05, 0) is 13.0 Å². The number of esters is 1. The van der Waals surface area contributed by atoms with E-state index in [0.717, 1.165) is 11.3 Å². The van der Waals surface area contributed by atoms with Crippen LogP contribution in [-0.4, -0.2) is 27.6 Å². The Balaban J connectivity index is 2.40. The van der Waals surface area contributed by atoms with Gasteiger partial charge in [0, 0.05) is 11.0 Å². The van der Waals surface area contributed by atoms with E-state index >= 15 is 0 Å². The molecule has 0 aliphatic rings. The first-order valence-electron chi connectivity index (χ1n) is 6.55. The van der Waals surface area contributed by atoms with Crippen LogP contribution in [0.15, 0.2) is 23.0 Å². The highest BCUT2D eigenvalue weighted by Gasteiger charge is 2.29. The predicted octanol–water partition coefficient (Wildman–Crippen LogP) is 2.39. The summed E-state index contributed by atoms with van der Waals surface area (Å²) in [6.07, 6.45) is 3.26. The second-order valence-corrected chi connectivity index (χ2v) is 5.55. The maximum Gasteiger partial charge on any atom is 0.360 e. The predicted molar refractivity (Wildman–Crippen MR) is 72.5 cm³/mol. The molecule has 6 heteroatoms. The summed E-state index contributed by atoms with van der Waals surface area (Å²) >= 11 is 0. The first kappa shape index (κ1) is 14.3. The third kappa shape index (κ3) is 2.89. The molecular formula is C14H19N3O3. The molecule has 0 aliphatic carbocycles. The molecule has 0 aliphatic heterocycles. The van der Waals surface area contributed by atoms with Crippen molar-refractivity contribution in [2.24, 2.45) is 0 Å². The van der Waals surface area contributed by atoms with Gasteiger partial charge in [0.1, 0.15) is 0 Å². The van der Waals surface area contributed by atoms with E-state index in [0.29, 0.717) is 13.2 Å². The van der Waals surface area contributed by atoms with Crippen LogP contribution in [0, 0.1) is 0 Å². The summed E-state index contributed by atoms with van der Waals surface area (Å²) in [6.45, 7) is 8.64. The summed E-state index contributed by atoms with van der Waals surface area (Å²) in [7, 11) is 0. The number of carbonyl (C=O) groups is 1. The van der Waals surface area contributed by atoms with Crippen molar-refractivity contribution >= 4 is 5.97 Å². The number of nitrogens with zero attached hydrogens (tertiary/aromatic N) is 3. The average Bonchev–Trinajstić information content (AvgIpc) is 2.98. The molecule has 0 unspecified atom stereocenters. The van der Waals surface area contributed by atoms with Gasteiger partial charge < -0.3 is 9.15 Å². The Morgan fingerprint density at radius 1 is 1.45 bits per heavy atom. The minimum Gasteiger partial charge on any atom is -0.472 e. The van der Waals surface area contributed by atoms with Crippen LogP contribution in [0.1, 0.15) is 49.4 Å². The molecule has 2 aromatic rings. The van der Waals surface area contributed by atoms with Gasteiger partial charge in [-0.2, -0.15) is 0 Å². The quantitative estimate of drug-likeness (QED) is 0.802. The third-order valence-electron chi connectivity index (χ3n) is 2.83. The van der Waals surface area contributed by atoms with E-state index in [-0.39, 0.29) is 11.1 Å². The van der Waals surface area contributed by atoms with E-state index < -0.39 is 5.97 Å². The van der Waals surface area contributed by atoms with Gasteiger partial charge in [-0.3, -0.25) is 0 Å². The van der Waals surface area contributed by atoms with Gasteiger partial charge in [-0.1, -0.05) is 26.0 Å². The third-order valence-corrected chi connectivity index (χ3v) is 2.83. The van der Waals surface area contributed by atoms with Crippen molar-refractivity contribution in [2.75, 3.05) is 6.61 Å². The Labute approximate surface area is 117 Å². The molecule has 108 valence electrons. The van der Waals surface area contributed by atoms with E-state index in [2.05, 4.69) is 10.3 Å². The van der Waals surface area contributed by atoms with Gasteiger partial charge in [0.15, 0.2) is 5.69 Å². The van der Waals surface area contributed by atoms with Crippen LogP contribution in [0.5, 0.6) is 0 Å². The molecule has 2 aromatic heterocycles. The minimum atomic E-state index is -0.434. The molecule has 6 nitrogen and oxygen atoms in total. The summed E-state index contributed by atoms with van der Waals surface area (Å²) in [5, 5.41) is 8.07. The highest BCUT2D eigenvalue weighted by Crippen LogP contribution is 2.25. The van der Waals surface area contributed by atoms with Gasteiger partial charge >= 0.3 is 5.97 Å². The summed E-state index contributed by atoms with van der Waals surface area (Å²) in [4.78, 5) is 12.0. The van der Waals surface area contributed by atoms with Crippen molar-refractivity contribution in [2.45, 2.75) is 39.7 Å². The first-order chi connectivity index (χ1) is 9.43. The molecule has 2 rings (SSSR count).